The smallest absolute Gasteiger partial charge is 0.191 e. The molecule has 1 aromatic heterocycles. The largest absolute Gasteiger partial charge is 0.354 e. The quantitative estimate of drug-likeness (QED) is 0.618. The standard InChI is InChI=1S/C20H30N6/c1-3-12-25-14-9-18(10-15-25)24-20(21-2)22-16-17-5-7-19(8-6-17)26-13-4-11-23-26/h4-8,11,13,18H,3,9-10,12,14-16H2,1-2H3,(H2,21,22,24). The third-order valence-electron chi connectivity index (χ3n) is 4.86. The normalized spacial score (nSPS) is 16.6. The summed E-state index contributed by atoms with van der Waals surface area (Å²) in [7, 11) is 1.84. The van der Waals surface area contributed by atoms with Crippen LogP contribution in [0.3, 0.4) is 0 Å². The van der Waals surface area contributed by atoms with Gasteiger partial charge in [-0.05, 0) is 49.6 Å². The predicted octanol–water partition coefficient (Wildman–Crippen LogP) is 2.41. The van der Waals surface area contributed by atoms with Crippen LogP contribution in [0.1, 0.15) is 31.7 Å². The van der Waals surface area contributed by atoms with Crippen molar-refractivity contribution in [1.82, 2.24) is 25.3 Å². The fourth-order valence-corrected chi connectivity index (χ4v) is 3.38. The van der Waals surface area contributed by atoms with E-state index in [0.29, 0.717) is 6.04 Å². The van der Waals surface area contributed by atoms with Crippen molar-refractivity contribution in [2.45, 2.75) is 38.8 Å². The van der Waals surface area contributed by atoms with Crippen LogP contribution in [0.4, 0.5) is 0 Å². The second-order valence-electron chi connectivity index (χ2n) is 6.80. The van der Waals surface area contributed by atoms with Gasteiger partial charge in [0.15, 0.2) is 5.96 Å². The van der Waals surface area contributed by atoms with E-state index in [1.165, 1.54) is 44.5 Å². The molecule has 1 fully saturated rings. The van der Waals surface area contributed by atoms with Crippen LogP contribution in [0.15, 0.2) is 47.7 Å². The maximum Gasteiger partial charge on any atom is 0.191 e. The van der Waals surface area contributed by atoms with Gasteiger partial charge in [0, 0.05) is 45.1 Å². The summed E-state index contributed by atoms with van der Waals surface area (Å²) in [6.45, 7) is 6.58. The van der Waals surface area contributed by atoms with Crippen LogP contribution in [0.25, 0.3) is 5.69 Å². The Hall–Kier alpha value is -2.34. The number of nitrogens with one attached hydrogen (secondary N) is 2. The third kappa shape index (κ3) is 5.08. The Morgan fingerprint density at radius 2 is 2.00 bits per heavy atom. The number of aliphatic imine (C=N–C) groups is 1. The van der Waals surface area contributed by atoms with Crippen molar-refractivity contribution in [2.24, 2.45) is 4.99 Å². The highest BCUT2D eigenvalue weighted by molar-refractivity contribution is 5.79. The maximum absolute atomic E-state index is 4.38. The number of rotatable bonds is 6. The number of nitrogens with zero attached hydrogens (tertiary/aromatic N) is 4. The molecule has 2 N–H and O–H groups in total. The lowest BCUT2D eigenvalue weighted by atomic mass is 10.1. The molecular weight excluding hydrogens is 324 g/mol. The van der Waals surface area contributed by atoms with Gasteiger partial charge in [-0.25, -0.2) is 4.68 Å². The average molecular weight is 355 g/mol. The first kappa shape index (κ1) is 18.5. The maximum atomic E-state index is 4.38. The van der Waals surface area contributed by atoms with E-state index in [-0.39, 0.29) is 0 Å². The molecule has 1 aliphatic heterocycles. The van der Waals surface area contributed by atoms with Gasteiger partial charge in [0.25, 0.3) is 0 Å². The summed E-state index contributed by atoms with van der Waals surface area (Å²) in [6, 6.07) is 10.9. The van der Waals surface area contributed by atoms with E-state index < -0.39 is 0 Å². The van der Waals surface area contributed by atoms with E-state index >= 15 is 0 Å². The highest BCUT2D eigenvalue weighted by atomic mass is 15.3. The van der Waals surface area contributed by atoms with Crippen LogP contribution in [0, 0.1) is 0 Å². The molecule has 6 heteroatoms. The SMILES string of the molecule is CCCN1CCC(NC(=NC)NCc2ccc(-n3cccn3)cc2)CC1. The van der Waals surface area contributed by atoms with Crippen molar-refractivity contribution in [2.75, 3.05) is 26.7 Å². The van der Waals surface area contributed by atoms with Gasteiger partial charge in [-0.15, -0.1) is 0 Å². The van der Waals surface area contributed by atoms with Crippen molar-refractivity contribution in [3.63, 3.8) is 0 Å². The number of aromatic nitrogens is 2. The molecule has 0 atom stereocenters. The highest BCUT2D eigenvalue weighted by Gasteiger charge is 2.19. The Bertz CT molecular complexity index is 669. The zero-order chi connectivity index (χ0) is 18.2. The highest BCUT2D eigenvalue weighted by Crippen LogP contribution is 2.11. The van der Waals surface area contributed by atoms with E-state index in [1.54, 1.807) is 6.20 Å². The van der Waals surface area contributed by atoms with E-state index in [0.717, 1.165) is 18.2 Å². The van der Waals surface area contributed by atoms with Crippen LogP contribution in [0.5, 0.6) is 0 Å². The summed E-state index contributed by atoms with van der Waals surface area (Å²) in [5.41, 5.74) is 2.29. The van der Waals surface area contributed by atoms with Gasteiger partial charge >= 0.3 is 0 Å². The first-order valence-electron chi connectivity index (χ1n) is 9.57. The molecular formula is C20H30N6. The van der Waals surface area contributed by atoms with Crippen molar-refractivity contribution in [1.29, 1.82) is 0 Å². The lowest BCUT2D eigenvalue weighted by Gasteiger charge is -2.32. The molecule has 0 saturated carbocycles. The lowest BCUT2D eigenvalue weighted by Crippen LogP contribution is -2.48. The number of benzene rings is 1. The fraction of sp³-hybridized carbons (Fsp3) is 0.500. The number of hydrogen-bond acceptors (Lipinski definition) is 3. The summed E-state index contributed by atoms with van der Waals surface area (Å²) >= 11 is 0. The summed E-state index contributed by atoms with van der Waals surface area (Å²) in [6.07, 6.45) is 7.34. The molecule has 2 aromatic rings. The molecule has 6 nitrogen and oxygen atoms in total. The summed E-state index contributed by atoms with van der Waals surface area (Å²) in [5, 5.41) is 11.3. The van der Waals surface area contributed by atoms with Crippen molar-refractivity contribution in [3.8, 4) is 5.69 Å². The molecule has 0 radical (unpaired) electrons. The Balaban J connectivity index is 1.46. The molecule has 0 spiro atoms. The van der Waals surface area contributed by atoms with E-state index in [9.17, 15) is 0 Å². The minimum Gasteiger partial charge on any atom is -0.354 e. The van der Waals surface area contributed by atoms with Crippen molar-refractivity contribution in [3.05, 3.63) is 48.3 Å². The molecule has 1 aliphatic rings. The lowest BCUT2D eigenvalue weighted by molar-refractivity contribution is 0.206. The Kier molecular flexibility index (Phi) is 6.66. The number of likely N-dealkylation sites (tertiary alicyclic amines) is 1. The number of hydrogen-bond donors (Lipinski definition) is 2. The molecule has 140 valence electrons. The second kappa shape index (κ2) is 9.38. The van der Waals surface area contributed by atoms with Crippen LogP contribution in [-0.4, -0.2) is 53.4 Å². The van der Waals surface area contributed by atoms with Gasteiger partial charge in [0.1, 0.15) is 0 Å². The summed E-state index contributed by atoms with van der Waals surface area (Å²) in [5.74, 6) is 0.884. The second-order valence-corrected chi connectivity index (χ2v) is 6.80. The van der Waals surface area contributed by atoms with Gasteiger partial charge in [-0.1, -0.05) is 19.1 Å². The van der Waals surface area contributed by atoms with E-state index in [2.05, 4.69) is 56.8 Å². The topological polar surface area (TPSA) is 57.5 Å². The molecule has 0 aliphatic carbocycles. The Morgan fingerprint density at radius 3 is 2.62 bits per heavy atom. The molecule has 1 aromatic carbocycles. The van der Waals surface area contributed by atoms with E-state index in [1.807, 2.05) is 24.0 Å². The number of piperidine rings is 1. The monoisotopic (exact) mass is 354 g/mol. The van der Waals surface area contributed by atoms with Gasteiger partial charge in [-0.3, -0.25) is 4.99 Å². The van der Waals surface area contributed by atoms with Crippen molar-refractivity contribution < 1.29 is 0 Å². The molecule has 1 saturated heterocycles. The van der Waals surface area contributed by atoms with Gasteiger partial charge in [0.2, 0.25) is 0 Å². The van der Waals surface area contributed by atoms with Crippen molar-refractivity contribution >= 4 is 5.96 Å². The first-order chi connectivity index (χ1) is 12.8. The molecule has 3 rings (SSSR count). The van der Waals surface area contributed by atoms with Gasteiger partial charge < -0.3 is 15.5 Å². The van der Waals surface area contributed by atoms with Gasteiger partial charge in [0.05, 0.1) is 5.69 Å². The molecule has 0 amide bonds. The molecule has 0 bridgehead atoms. The van der Waals surface area contributed by atoms with Crippen LogP contribution < -0.4 is 10.6 Å². The van der Waals surface area contributed by atoms with Crippen LogP contribution in [-0.2, 0) is 6.54 Å². The predicted molar refractivity (Wildman–Crippen MR) is 107 cm³/mol. The summed E-state index contributed by atoms with van der Waals surface area (Å²) in [4.78, 5) is 6.93. The van der Waals surface area contributed by atoms with Crippen LogP contribution >= 0.6 is 0 Å². The fourth-order valence-electron chi connectivity index (χ4n) is 3.38. The Labute approximate surface area is 156 Å². The number of guanidine groups is 1. The first-order valence-corrected chi connectivity index (χ1v) is 9.57. The summed E-state index contributed by atoms with van der Waals surface area (Å²) < 4.78 is 1.86. The van der Waals surface area contributed by atoms with E-state index in [4.69, 9.17) is 0 Å². The Morgan fingerprint density at radius 1 is 1.23 bits per heavy atom. The van der Waals surface area contributed by atoms with Crippen LogP contribution in [0.2, 0.25) is 0 Å². The molecule has 26 heavy (non-hydrogen) atoms. The minimum atomic E-state index is 0.511. The zero-order valence-corrected chi connectivity index (χ0v) is 15.9. The van der Waals surface area contributed by atoms with Gasteiger partial charge in [-0.2, -0.15) is 5.10 Å². The molecule has 0 unspecified atom stereocenters. The molecule has 2 heterocycles. The zero-order valence-electron chi connectivity index (χ0n) is 15.9. The third-order valence-corrected chi connectivity index (χ3v) is 4.86. The minimum absolute atomic E-state index is 0.511. The average Bonchev–Trinajstić information content (AvgIpc) is 3.22.